The Labute approximate surface area is 145 Å². The van der Waals surface area contributed by atoms with Crippen molar-refractivity contribution in [1.29, 1.82) is 0 Å². The zero-order valence-corrected chi connectivity index (χ0v) is 15.8. The van der Waals surface area contributed by atoms with Crippen molar-refractivity contribution in [2.45, 2.75) is 84.2 Å². The van der Waals surface area contributed by atoms with Crippen LogP contribution in [0.5, 0.6) is 11.6 Å². The van der Waals surface area contributed by atoms with Crippen LogP contribution in [-0.2, 0) is 9.31 Å². The van der Waals surface area contributed by atoms with Crippen LogP contribution in [0.25, 0.3) is 0 Å². The number of nitrogens with zero attached hydrogens (tertiary/aromatic N) is 1. The van der Waals surface area contributed by atoms with E-state index in [1.807, 2.05) is 54.5 Å². The fourth-order valence-electron chi connectivity index (χ4n) is 2.45. The summed E-state index contributed by atoms with van der Waals surface area (Å²) >= 11 is 0. The van der Waals surface area contributed by atoms with Gasteiger partial charge in [0.2, 0.25) is 5.88 Å². The summed E-state index contributed by atoms with van der Waals surface area (Å²) in [5.41, 5.74) is -0.478. The molecule has 1 saturated heterocycles. The van der Waals surface area contributed by atoms with Crippen LogP contribution < -0.4 is 14.9 Å². The lowest BCUT2D eigenvalue weighted by Crippen LogP contribution is -2.41. The molecule has 1 aliphatic heterocycles. The molecule has 2 heterocycles. The molecule has 1 aromatic heterocycles. The zero-order chi connectivity index (χ0) is 17.8. The Balaban J connectivity index is 2.00. The molecular weight excluding hydrogens is 305 g/mol. The van der Waals surface area contributed by atoms with E-state index in [0.717, 1.165) is 24.1 Å². The van der Waals surface area contributed by atoms with Gasteiger partial charge in [-0.05, 0) is 67.4 Å². The van der Waals surface area contributed by atoms with E-state index in [0.29, 0.717) is 5.88 Å². The van der Waals surface area contributed by atoms with E-state index in [4.69, 9.17) is 18.8 Å². The van der Waals surface area contributed by atoms with Crippen molar-refractivity contribution in [3.8, 4) is 11.6 Å². The second-order valence-electron chi connectivity index (χ2n) is 8.65. The molecule has 0 atom stereocenters. The fourth-order valence-corrected chi connectivity index (χ4v) is 2.45. The SMILES string of the molecule is CC(C)(C)Oc1nccc(OC2CC2)c1B1OC(C)(C)C(C)(C)O1. The maximum atomic E-state index is 6.23. The molecule has 0 spiro atoms. The summed E-state index contributed by atoms with van der Waals surface area (Å²) in [5.74, 6) is 1.25. The van der Waals surface area contributed by atoms with Crippen LogP contribution in [0.4, 0.5) is 0 Å². The Hall–Kier alpha value is -1.27. The summed E-state index contributed by atoms with van der Waals surface area (Å²) in [4.78, 5) is 4.43. The Morgan fingerprint density at radius 3 is 2.21 bits per heavy atom. The van der Waals surface area contributed by atoms with Crippen molar-refractivity contribution in [3.05, 3.63) is 12.3 Å². The van der Waals surface area contributed by atoms with Crippen molar-refractivity contribution in [3.63, 3.8) is 0 Å². The molecule has 2 fully saturated rings. The van der Waals surface area contributed by atoms with Gasteiger partial charge in [0.25, 0.3) is 0 Å². The minimum Gasteiger partial charge on any atom is -0.491 e. The van der Waals surface area contributed by atoms with Gasteiger partial charge < -0.3 is 18.8 Å². The van der Waals surface area contributed by atoms with Crippen molar-refractivity contribution in [1.82, 2.24) is 4.98 Å². The summed E-state index contributed by atoms with van der Waals surface area (Å²) in [7, 11) is -0.560. The molecule has 0 unspecified atom stereocenters. The van der Waals surface area contributed by atoms with Crippen LogP contribution >= 0.6 is 0 Å². The second kappa shape index (κ2) is 5.63. The van der Waals surface area contributed by atoms with Crippen LogP contribution in [-0.4, -0.2) is 35.0 Å². The van der Waals surface area contributed by atoms with Gasteiger partial charge in [-0.1, -0.05) is 0 Å². The third-order valence-corrected chi connectivity index (χ3v) is 4.62. The van der Waals surface area contributed by atoms with Gasteiger partial charge in [-0.25, -0.2) is 4.98 Å². The molecular formula is C18H28BNO4. The summed E-state index contributed by atoms with van der Waals surface area (Å²) < 4.78 is 24.6. The van der Waals surface area contributed by atoms with Gasteiger partial charge >= 0.3 is 7.12 Å². The molecule has 5 nitrogen and oxygen atoms in total. The van der Waals surface area contributed by atoms with E-state index in [-0.39, 0.29) is 11.7 Å². The van der Waals surface area contributed by atoms with Crippen LogP contribution in [0.1, 0.15) is 61.3 Å². The predicted octanol–water partition coefficient (Wildman–Crippen LogP) is 3.10. The maximum Gasteiger partial charge on any atom is 0.504 e. The largest absolute Gasteiger partial charge is 0.504 e. The summed E-state index contributed by atoms with van der Waals surface area (Å²) in [6.07, 6.45) is 4.16. The lowest BCUT2D eigenvalue weighted by Gasteiger charge is -2.32. The number of hydrogen-bond donors (Lipinski definition) is 0. The summed E-state index contributed by atoms with van der Waals surface area (Å²) in [6.45, 7) is 14.1. The van der Waals surface area contributed by atoms with Gasteiger partial charge in [-0.3, -0.25) is 0 Å². The maximum absolute atomic E-state index is 6.23. The molecule has 0 radical (unpaired) electrons. The molecule has 0 amide bonds. The average molecular weight is 333 g/mol. The molecule has 132 valence electrons. The van der Waals surface area contributed by atoms with Crippen LogP contribution in [0.2, 0.25) is 0 Å². The molecule has 1 saturated carbocycles. The van der Waals surface area contributed by atoms with Crippen molar-refractivity contribution < 1.29 is 18.8 Å². The fraction of sp³-hybridized carbons (Fsp3) is 0.722. The Kier molecular flexibility index (Phi) is 4.12. The quantitative estimate of drug-likeness (QED) is 0.793. The first-order chi connectivity index (χ1) is 11.0. The van der Waals surface area contributed by atoms with E-state index in [1.54, 1.807) is 6.20 Å². The summed E-state index contributed by atoms with van der Waals surface area (Å²) in [6, 6.07) is 1.87. The normalized spacial score (nSPS) is 22.5. The van der Waals surface area contributed by atoms with Gasteiger partial charge in [0.15, 0.2) is 0 Å². The highest BCUT2D eigenvalue weighted by molar-refractivity contribution is 6.64. The summed E-state index contributed by atoms with van der Waals surface area (Å²) in [5, 5.41) is 0. The van der Waals surface area contributed by atoms with Crippen LogP contribution in [0, 0.1) is 0 Å². The van der Waals surface area contributed by atoms with Gasteiger partial charge in [0, 0.05) is 6.20 Å². The van der Waals surface area contributed by atoms with Crippen molar-refractivity contribution in [2.24, 2.45) is 0 Å². The first-order valence-electron chi connectivity index (χ1n) is 8.69. The third kappa shape index (κ3) is 3.54. The molecule has 24 heavy (non-hydrogen) atoms. The molecule has 0 aromatic carbocycles. The van der Waals surface area contributed by atoms with E-state index < -0.39 is 18.3 Å². The zero-order valence-electron chi connectivity index (χ0n) is 15.8. The monoisotopic (exact) mass is 333 g/mol. The Morgan fingerprint density at radius 2 is 1.71 bits per heavy atom. The van der Waals surface area contributed by atoms with Crippen LogP contribution in [0.3, 0.4) is 0 Å². The highest BCUT2D eigenvalue weighted by Crippen LogP contribution is 2.38. The molecule has 0 bridgehead atoms. The lowest BCUT2D eigenvalue weighted by atomic mass is 9.78. The highest BCUT2D eigenvalue weighted by atomic mass is 16.7. The van der Waals surface area contributed by atoms with Crippen LogP contribution in [0.15, 0.2) is 12.3 Å². The van der Waals surface area contributed by atoms with Gasteiger partial charge in [-0.2, -0.15) is 0 Å². The number of hydrogen-bond acceptors (Lipinski definition) is 5. The van der Waals surface area contributed by atoms with Gasteiger partial charge in [0.1, 0.15) is 11.4 Å². The highest BCUT2D eigenvalue weighted by Gasteiger charge is 2.54. The number of rotatable bonds is 4. The van der Waals surface area contributed by atoms with Crippen molar-refractivity contribution in [2.75, 3.05) is 0 Å². The van der Waals surface area contributed by atoms with Gasteiger partial charge in [0.05, 0.1) is 22.8 Å². The molecule has 3 rings (SSSR count). The molecule has 0 N–H and O–H groups in total. The smallest absolute Gasteiger partial charge is 0.491 e. The lowest BCUT2D eigenvalue weighted by molar-refractivity contribution is 0.00578. The first-order valence-corrected chi connectivity index (χ1v) is 8.69. The van der Waals surface area contributed by atoms with E-state index in [1.165, 1.54) is 0 Å². The Bertz CT molecular complexity index is 604. The molecule has 1 aromatic rings. The first kappa shape index (κ1) is 17.6. The molecule has 6 heteroatoms. The van der Waals surface area contributed by atoms with Crippen molar-refractivity contribution >= 4 is 12.6 Å². The minimum absolute atomic E-state index is 0.274. The third-order valence-electron chi connectivity index (χ3n) is 4.62. The average Bonchev–Trinajstić information content (AvgIpc) is 3.15. The van der Waals surface area contributed by atoms with E-state index in [2.05, 4.69) is 4.98 Å². The number of pyridine rings is 1. The second-order valence-corrected chi connectivity index (χ2v) is 8.65. The number of ether oxygens (including phenoxy) is 2. The predicted molar refractivity (Wildman–Crippen MR) is 94.0 cm³/mol. The van der Waals surface area contributed by atoms with Gasteiger partial charge in [-0.15, -0.1) is 0 Å². The minimum atomic E-state index is -0.560. The molecule has 2 aliphatic rings. The topological polar surface area (TPSA) is 49.8 Å². The van der Waals surface area contributed by atoms with E-state index in [9.17, 15) is 0 Å². The molecule has 1 aliphatic carbocycles. The Morgan fingerprint density at radius 1 is 1.12 bits per heavy atom. The van der Waals surface area contributed by atoms with E-state index >= 15 is 0 Å². The number of aromatic nitrogens is 1. The standard InChI is InChI=1S/C18H28BNO4/c1-16(2,3)22-15-14(13(10-11-20-15)21-12-8-9-12)19-23-17(4,5)18(6,7)24-19/h10-12H,8-9H2,1-7H3.